The first-order valence-corrected chi connectivity index (χ1v) is 11.4. The van der Waals surface area contributed by atoms with Crippen LogP contribution in [0.25, 0.3) is 10.9 Å². The zero-order valence-electron chi connectivity index (χ0n) is 21.1. The van der Waals surface area contributed by atoms with Crippen LogP contribution in [-0.4, -0.2) is 43.8 Å². The van der Waals surface area contributed by atoms with Gasteiger partial charge in [-0.05, 0) is 72.8 Å². The number of methoxy groups -OCH3 is 3. The molecule has 4 rings (SSSR count). The summed E-state index contributed by atoms with van der Waals surface area (Å²) in [6.45, 7) is 1.31. The van der Waals surface area contributed by atoms with E-state index in [0.29, 0.717) is 41.6 Å². The van der Waals surface area contributed by atoms with Crippen LogP contribution < -0.4 is 19.5 Å². The highest BCUT2D eigenvalue weighted by Crippen LogP contribution is 2.38. The van der Waals surface area contributed by atoms with Crippen molar-refractivity contribution in [2.24, 2.45) is 7.05 Å². The van der Waals surface area contributed by atoms with Gasteiger partial charge in [0.05, 0.1) is 21.3 Å². The number of hydrogen-bond acceptors (Lipinski definition) is 5. The van der Waals surface area contributed by atoms with Gasteiger partial charge in [-0.2, -0.15) is 0 Å². The summed E-state index contributed by atoms with van der Waals surface area (Å²) >= 11 is 0. The lowest BCUT2D eigenvalue weighted by Crippen LogP contribution is -2.17. The van der Waals surface area contributed by atoms with Crippen LogP contribution in [0.1, 0.15) is 21.5 Å². The van der Waals surface area contributed by atoms with Crippen LogP contribution in [0, 0.1) is 5.82 Å². The van der Waals surface area contributed by atoms with Gasteiger partial charge in [-0.25, -0.2) is 4.39 Å². The Morgan fingerprint density at radius 3 is 2.22 bits per heavy atom. The second kappa shape index (κ2) is 10.7. The number of nitrogens with zero attached hydrogens (tertiary/aromatic N) is 2. The highest BCUT2D eigenvalue weighted by molar-refractivity contribution is 6.06. The summed E-state index contributed by atoms with van der Waals surface area (Å²) in [5.74, 6) is 1.19. The fourth-order valence-corrected chi connectivity index (χ4v) is 4.36. The van der Waals surface area contributed by atoms with E-state index in [2.05, 4.69) is 21.0 Å². The van der Waals surface area contributed by atoms with E-state index in [9.17, 15) is 9.18 Å². The second-order valence-corrected chi connectivity index (χ2v) is 8.66. The first-order chi connectivity index (χ1) is 17.3. The standard InChI is InChI=1S/C28H30FN3O4/c1-31(15-18-12-25(34-3)27(36-5)26(13-18)35-4)16-20-17-32(2)24-11-6-19(14-23(20)24)28(33)30-22-9-7-21(29)8-10-22/h6-14,17H,15-16H2,1-5H3,(H,30,33). The molecule has 8 heteroatoms. The fraction of sp³-hybridized carbons (Fsp3) is 0.250. The van der Waals surface area contributed by atoms with E-state index in [1.165, 1.54) is 24.3 Å². The Balaban J connectivity index is 1.55. The molecular formula is C28H30FN3O4. The predicted octanol–water partition coefficient (Wildman–Crippen LogP) is 5.23. The van der Waals surface area contributed by atoms with Crippen LogP contribution in [0.4, 0.5) is 10.1 Å². The van der Waals surface area contributed by atoms with E-state index < -0.39 is 0 Å². The van der Waals surface area contributed by atoms with Crippen molar-refractivity contribution in [3.8, 4) is 17.2 Å². The quantitative estimate of drug-likeness (QED) is 0.348. The lowest BCUT2D eigenvalue weighted by molar-refractivity contribution is 0.102. The minimum Gasteiger partial charge on any atom is -0.493 e. The zero-order chi connectivity index (χ0) is 25.8. The number of benzene rings is 3. The third kappa shape index (κ3) is 5.28. The number of ether oxygens (including phenoxy) is 3. The molecule has 3 aromatic carbocycles. The number of halogens is 1. The van der Waals surface area contributed by atoms with Crippen LogP contribution in [0.15, 0.2) is 60.8 Å². The maximum atomic E-state index is 13.2. The Labute approximate surface area is 210 Å². The summed E-state index contributed by atoms with van der Waals surface area (Å²) in [7, 11) is 8.81. The van der Waals surface area contributed by atoms with Gasteiger partial charge in [0.1, 0.15) is 5.82 Å². The Hall–Kier alpha value is -4.04. The average molecular weight is 492 g/mol. The molecule has 1 N–H and O–H groups in total. The van der Waals surface area contributed by atoms with E-state index in [0.717, 1.165) is 22.0 Å². The summed E-state index contributed by atoms with van der Waals surface area (Å²) < 4.78 is 31.6. The number of aromatic nitrogens is 1. The molecule has 0 aliphatic rings. The minimum atomic E-state index is -0.348. The van der Waals surface area contributed by atoms with E-state index in [4.69, 9.17) is 14.2 Å². The number of rotatable bonds is 9. The molecule has 188 valence electrons. The smallest absolute Gasteiger partial charge is 0.255 e. The molecule has 0 unspecified atom stereocenters. The average Bonchev–Trinajstić information content (AvgIpc) is 3.18. The minimum absolute atomic E-state index is 0.246. The van der Waals surface area contributed by atoms with Crippen molar-refractivity contribution >= 4 is 22.5 Å². The third-order valence-electron chi connectivity index (χ3n) is 6.05. The molecule has 36 heavy (non-hydrogen) atoms. The van der Waals surface area contributed by atoms with Crippen molar-refractivity contribution in [1.82, 2.24) is 9.47 Å². The number of aryl methyl sites for hydroxylation is 1. The lowest BCUT2D eigenvalue weighted by Gasteiger charge is -2.19. The van der Waals surface area contributed by atoms with Crippen LogP contribution in [0.3, 0.4) is 0 Å². The maximum absolute atomic E-state index is 13.2. The highest BCUT2D eigenvalue weighted by Gasteiger charge is 2.16. The fourth-order valence-electron chi connectivity index (χ4n) is 4.36. The summed E-state index contributed by atoms with van der Waals surface area (Å²) in [4.78, 5) is 15.0. The molecule has 0 aliphatic heterocycles. The lowest BCUT2D eigenvalue weighted by atomic mass is 10.1. The van der Waals surface area contributed by atoms with Gasteiger partial charge in [0.15, 0.2) is 11.5 Å². The van der Waals surface area contributed by atoms with Gasteiger partial charge in [0.25, 0.3) is 5.91 Å². The normalized spacial score (nSPS) is 11.1. The Kier molecular flexibility index (Phi) is 7.45. The highest BCUT2D eigenvalue weighted by atomic mass is 19.1. The molecule has 1 aromatic heterocycles. The molecule has 0 saturated heterocycles. The van der Waals surface area contributed by atoms with Gasteiger partial charge in [-0.1, -0.05) is 0 Å². The number of nitrogens with one attached hydrogen (secondary N) is 1. The van der Waals surface area contributed by atoms with E-state index in [1.807, 2.05) is 38.4 Å². The Morgan fingerprint density at radius 1 is 0.944 bits per heavy atom. The van der Waals surface area contributed by atoms with Crippen LogP contribution in [-0.2, 0) is 20.1 Å². The molecule has 0 saturated carbocycles. The maximum Gasteiger partial charge on any atom is 0.255 e. The second-order valence-electron chi connectivity index (χ2n) is 8.66. The van der Waals surface area contributed by atoms with Crippen LogP contribution in [0.2, 0.25) is 0 Å². The van der Waals surface area contributed by atoms with Crippen LogP contribution in [0.5, 0.6) is 17.2 Å². The predicted molar refractivity (Wildman–Crippen MR) is 139 cm³/mol. The zero-order valence-corrected chi connectivity index (χ0v) is 21.1. The molecule has 1 heterocycles. The van der Waals surface area contributed by atoms with E-state index >= 15 is 0 Å². The molecule has 0 radical (unpaired) electrons. The molecular weight excluding hydrogens is 461 g/mol. The van der Waals surface area contributed by atoms with Crippen molar-refractivity contribution in [1.29, 1.82) is 0 Å². The van der Waals surface area contributed by atoms with Crippen LogP contribution >= 0.6 is 0 Å². The van der Waals surface area contributed by atoms with Gasteiger partial charge in [-0.3, -0.25) is 9.69 Å². The number of anilines is 1. The van der Waals surface area contributed by atoms with Crippen molar-refractivity contribution in [3.63, 3.8) is 0 Å². The number of amides is 1. The van der Waals surface area contributed by atoms with E-state index in [-0.39, 0.29) is 11.7 Å². The molecule has 1 amide bonds. The molecule has 7 nitrogen and oxygen atoms in total. The van der Waals surface area contributed by atoms with Crippen molar-refractivity contribution in [3.05, 3.63) is 83.3 Å². The summed E-state index contributed by atoms with van der Waals surface area (Å²) in [5.41, 5.74) is 4.22. The van der Waals surface area contributed by atoms with Gasteiger partial charge >= 0.3 is 0 Å². The summed E-state index contributed by atoms with van der Waals surface area (Å²) in [5, 5.41) is 3.82. The molecule has 0 fully saturated rings. The van der Waals surface area contributed by atoms with Gasteiger partial charge < -0.3 is 24.1 Å². The monoisotopic (exact) mass is 491 g/mol. The SMILES string of the molecule is COc1cc(CN(C)Cc2cn(C)c3ccc(C(=O)Nc4ccc(F)cc4)cc23)cc(OC)c1OC. The topological polar surface area (TPSA) is 65.0 Å². The Morgan fingerprint density at radius 2 is 1.61 bits per heavy atom. The molecule has 0 bridgehead atoms. The summed E-state index contributed by atoms with van der Waals surface area (Å²) in [6, 6.07) is 15.2. The number of hydrogen-bond donors (Lipinski definition) is 1. The van der Waals surface area contributed by atoms with E-state index in [1.54, 1.807) is 27.4 Å². The number of carbonyl (C=O) groups is 1. The number of fused-ring (bicyclic) bond motifs is 1. The molecule has 0 spiro atoms. The van der Waals surface area contributed by atoms with Crippen molar-refractivity contribution in [2.75, 3.05) is 33.7 Å². The van der Waals surface area contributed by atoms with Gasteiger partial charge in [0.2, 0.25) is 5.75 Å². The largest absolute Gasteiger partial charge is 0.493 e. The molecule has 0 aliphatic carbocycles. The molecule has 0 atom stereocenters. The van der Waals surface area contributed by atoms with Crippen molar-refractivity contribution in [2.45, 2.75) is 13.1 Å². The first-order valence-electron chi connectivity index (χ1n) is 11.4. The van der Waals surface area contributed by atoms with Gasteiger partial charge in [0, 0.05) is 48.5 Å². The number of carbonyl (C=O) groups excluding carboxylic acids is 1. The molecule has 4 aromatic rings. The van der Waals surface area contributed by atoms with Crippen molar-refractivity contribution < 1.29 is 23.4 Å². The van der Waals surface area contributed by atoms with Gasteiger partial charge in [-0.15, -0.1) is 0 Å². The first kappa shape index (κ1) is 25.1. The summed E-state index contributed by atoms with van der Waals surface area (Å²) in [6.07, 6.45) is 2.08. The third-order valence-corrected chi connectivity index (χ3v) is 6.05. The Bertz CT molecular complexity index is 1360.